The number of benzene rings is 1. The summed E-state index contributed by atoms with van der Waals surface area (Å²) < 4.78 is 20.2. The maximum Gasteiger partial charge on any atom is 0.174 e. The van der Waals surface area contributed by atoms with Gasteiger partial charge in [0.15, 0.2) is 5.78 Å². The highest BCUT2D eigenvalue weighted by atomic mass is 35.5. The highest BCUT2D eigenvalue weighted by Gasteiger charge is 2.16. The van der Waals surface area contributed by atoms with Crippen LogP contribution in [0.5, 0.6) is 5.75 Å². The lowest BCUT2D eigenvalue weighted by atomic mass is 10.0. The van der Waals surface area contributed by atoms with Gasteiger partial charge in [0.2, 0.25) is 0 Å². The number of Topliss-reactive ketones (excluding diaryl/α,β-unsaturated/α-hetero) is 1. The van der Waals surface area contributed by atoms with Gasteiger partial charge in [0.25, 0.3) is 0 Å². The van der Waals surface area contributed by atoms with Gasteiger partial charge >= 0.3 is 0 Å². The fourth-order valence-electron chi connectivity index (χ4n) is 1.39. The van der Waals surface area contributed by atoms with Crippen LogP contribution < -0.4 is 22.9 Å². The smallest absolute Gasteiger partial charge is 0.174 e. The van der Waals surface area contributed by atoms with E-state index in [1.54, 1.807) is 18.2 Å². The largest absolute Gasteiger partial charge is 1.00 e. The maximum atomic E-state index is 11.2. The number of carbonyl (C=O) groups is 1. The SMILES string of the molecule is [2H]C([2H])([NH3+])c1ccc2c(c1)CC(=O)CO2.[Cl-]. The van der Waals surface area contributed by atoms with Crippen LogP contribution in [0.2, 0.25) is 0 Å². The summed E-state index contributed by atoms with van der Waals surface area (Å²) in [6.07, 6.45) is 0.319. The maximum absolute atomic E-state index is 11.2. The first-order valence-electron chi connectivity index (χ1n) is 5.10. The van der Waals surface area contributed by atoms with Gasteiger partial charge in [-0.1, -0.05) is 0 Å². The number of hydrogen-bond acceptors (Lipinski definition) is 2. The normalized spacial score (nSPS) is 17.1. The minimum absolute atomic E-state index is 0. The molecule has 0 saturated carbocycles. The molecule has 1 heterocycles. The molecule has 1 aliphatic rings. The number of quaternary nitrogens is 1. The Labute approximate surface area is 91.5 Å². The van der Waals surface area contributed by atoms with E-state index in [1.165, 1.54) is 0 Å². The van der Waals surface area contributed by atoms with Gasteiger partial charge in [-0.3, -0.25) is 4.79 Å². The lowest BCUT2D eigenvalue weighted by Crippen LogP contribution is -3.00. The fraction of sp³-hybridized carbons (Fsp3) is 0.300. The molecule has 0 amide bonds. The average Bonchev–Trinajstić information content (AvgIpc) is 2.15. The highest BCUT2D eigenvalue weighted by Crippen LogP contribution is 2.23. The Morgan fingerprint density at radius 3 is 3.07 bits per heavy atom. The lowest BCUT2D eigenvalue weighted by Gasteiger charge is -2.16. The Balaban J connectivity index is 0.00000128. The second-order valence-corrected chi connectivity index (χ2v) is 3.00. The van der Waals surface area contributed by atoms with Gasteiger partial charge in [-0.2, -0.15) is 0 Å². The molecule has 0 aromatic heterocycles. The van der Waals surface area contributed by atoms with Gasteiger partial charge in [-0.25, -0.2) is 0 Å². The van der Waals surface area contributed by atoms with E-state index < -0.39 is 6.50 Å². The van der Waals surface area contributed by atoms with Gasteiger partial charge in [0.1, 0.15) is 12.4 Å². The van der Waals surface area contributed by atoms with E-state index in [4.69, 9.17) is 7.48 Å². The molecule has 0 saturated heterocycles. The third kappa shape index (κ3) is 2.05. The Morgan fingerprint density at radius 1 is 1.57 bits per heavy atom. The van der Waals surface area contributed by atoms with Crippen LogP contribution in [0.3, 0.4) is 0 Å². The first kappa shape index (κ1) is 8.26. The highest BCUT2D eigenvalue weighted by molar-refractivity contribution is 5.84. The molecule has 0 unspecified atom stereocenters. The molecule has 0 radical (unpaired) electrons. The van der Waals surface area contributed by atoms with E-state index in [9.17, 15) is 4.79 Å². The second-order valence-electron chi connectivity index (χ2n) is 3.00. The van der Waals surface area contributed by atoms with Crippen LogP contribution >= 0.6 is 0 Å². The summed E-state index contributed by atoms with van der Waals surface area (Å²) in [6, 6.07) is 4.99. The second kappa shape index (κ2) is 4.44. The van der Waals surface area contributed by atoms with Crippen LogP contribution in [-0.4, -0.2) is 12.4 Å². The Kier molecular flexibility index (Phi) is 2.62. The summed E-state index contributed by atoms with van der Waals surface area (Å²) in [5.74, 6) is 0.687. The van der Waals surface area contributed by atoms with Crippen molar-refractivity contribution >= 4 is 5.78 Å². The van der Waals surface area contributed by atoms with Gasteiger partial charge in [-0.15, -0.1) is 0 Å². The molecule has 0 fully saturated rings. The summed E-state index contributed by atoms with van der Waals surface area (Å²) in [4.78, 5) is 11.2. The van der Waals surface area contributed by atoms with Gasteiger partial charge in [0, 0.05) is 17.5 Å². The summed E-state index contributed by atoms with van der Waals surface area (Å²) in [7, 11) is 0. The molecule has 0 aliphatic carbocycles. The molecule has 0 spiro atoms. The minimum Gasteiger partial charge on any atom is -1.00 e. The van der Waals surface area contributed by atoms with Crippen molar-refractivity contribution in [2.75, 3.05) is 6.61 Å². The first-order valence-corrected chi connectivity index (χ1v) is 4.10. The standard InChI is InChI=1S/C10H11NO2.ClH/c11-5-7-1-2-10-8(3-7)4-9(12)6-13-10;/h1-3H,4-6,11H2;1H/i5D2;. The van der Waals surface area contributed by atoms with E-state index in [0.29, 0.717) is 17.7 Å². The summed E-state index contributed by atoms with van der Waals surface area (Å²) in [5, 5.41) is 0. The van der Waals surface area contributed by atoms with Crippen LogP contribution in [-0.2, 0) is 17.7 Å². The number of ketones is 1. The number of rotatable bonds is 1. The summed E-state index contributed by atoms with van der Waals surface area (Å²) in [5.41, 5.74) is 4.63. The zero-order chi connectivity index (χ0) is 11.1. The van der Waals surface area contributed by atoms with E-state index in [2.05, 4.69) is 5.73 Å². The van der Waals surface area contributed by atoms with Gasteiger partial charge < -0.3 is 22.9 Å². The van der Waals surface area contributed by atoms with Gasteiger partial charge in [0.05, 0.1) is 9.24 Å². The Hall–Kier alpha value is -1.06. The van der Waals surface area contributed by atoms with Crippen LogP contribution in [0, 0.1) is 0 Å². The van der Waals surface area contributed by atoms with Crippen molar-refractivity contribution in [1.29, 1.82) is 0 Å². The Morgan fingerprint density at radius 2 is 2.36 bits per heavy atom. The molecule has 3 N–H and O–H groups in total. The molecule has 0 bridgehead atoms. The van der Waals surface area contributed by atoms with Crippen molar-refractivity contribution < 1.29 is 30.4 Å². The van der Waals surface area contributed by atoms with E-state index >= 15 is 0 Å². The number of hydrogen-bond donors (Lipinski definition) is 1. The topological polar surface area (TPSA) is 53.9 Å². The zero-order valence-corrected chi connectivity index (χ0v) is 8.30. The number of fused-ring (bicyclic) bond motifs is 1. The molecule has 1 aliphatic heterocycles. The van der Waals surface area contributed by atoms with E-state index in [0.717, 1.165) is 5.56 Å². The van der Waals surface area contributed by atoms with Crippen molar-refractivity contribution in [2.45, 2.75) is 12.9 Å². The third-order valence-electron chi connectivity index (χ3n) is 2.04. The molecule has 2 rings (SSSR count). The van der Waals surface area contributed by atoms with Crippen LogP contribution in [0.4, 0.5) is 0 Å². The number of halogens is 1. The third-order valence-corrected chi connectivity index (χ3v) is 2.04. The van der Waals surface area contributed by atoms with Crippen molar-refractivity contribution in [2.24, 2.45) is 0 Å². The molecule has 76 valence electrons. The zero-order valence-electron chi connectivity index (χ0n) is 9.55. The van der Waals surface area contributed by atoms with E-state index in [-0.39, 0.29) is 24.8 Å². The summed E-state index contributed by atoms with van der Waals surface area (Å²) in [6.45, 7) is -1.51. The van der Waals surface area contributed by atoms with Gasteiger partial charge in [-0.05, 0) is 18.2 Å². The van der Waals surface area contributed by atoms with Crippen molar-refractivity contribution in [3.05, 3.63) is 29.3 Å². The van der Waals surface area contributed by atoms with Crippen molar-refractivity contribution in [3.8, 4) is 5.75 Å². The van der Waals surface area contributed by atoms with Crippen molar-refractivity contribution in [3.63, 3.8) is 0 Å². The fourth-order valence-corrected chi connectivity index (χ4v) is 1.39. The minimum atomic E-state index is -1.63. The number of carbonyl (C=O) groups excluding carboxylic acids is 1. The predicted octanol–water partition coefficient (Wildman–Crippen LogP) is -3.06. The molecule has 14 heavy (non-hydrogen) atoms. The molecule has 4 heteroatoms. The lowest BCUT2D eigenvalue weighted by molar-refractivity contribution is -0.386. The molecule has 1 aromatic rings. The van der Waals surface area contributed by atoms with Crippen molar-refractivity contribution in [1.82, 2.24) is 0 Å². The predicted molar refractivity (Wildman–Crippen MR) is 47.2 cm³/mol. The molecule has 0 atom stereocenters. The van der Waals surface area contributed by atoms with Crippen LogP contribution in [0.1, 0.15) is 13.9 Å². The number of ether oxygens (including phenoxy) is 1. The molecular formula is C10H12ClNO2. The summed E-state index contributed by atoms with van der Waals surface area (Å²) >= 11 is 0. The monoisotopic (exact) mass is 215 g/mol. The average molecular weight is 216 g/mol. The van der Waals surface area contributed by atoms with Crippen LogP contribution in [0.25, 0.3) is 0 Å². The quantitative estimate of drug-likeness (QED) is 0.541. The molecule has 1 aromatic carbocycles. The first-order chi connectivity index (χ1) is 6.97. The Bertz CT molecular complexity index is 418. The van der Waals surface area contributed by atoms with E-state index in [1.807, 2.05) is 0 Å². The molecule has 3 nitrogen and oxygen atoms in total. The molecular weight excluding hydrogens is 202 g/mol. The van der Waals surface area contributed by atoms with Crippen LogP contribution in [0.15, 0.2) is 18.2 Å².